The predicted octanol–water partition coefficient (Wildman–Crippen LogP) is 3.16. The first kappa shape index (κ1) is 16.2. The van der Waals surface area contributed by atoms with E-state index in [0.717, 1.165) is 31.6 Å². The lowest BCUT2D eigenvalue weighted by molar-refractivity contribution is -0.133. The Hall–Kier alpha value is -2.04. The van der Waals surface area contributed by atoms with Gasteiger partial charge in [0.1, 0.15) is 6.61 Å². The molecule has 0 radical (unpaired) electrons. The van der Waals surface area contributed by atoms with Crippen molar-refractivity contribution in [2.45, 2.75) is 61.9 Å². The molecule has 138 valence electrons. The number of ether oxygens (including phenoxy) is 1. The molecule has 4 fully saturated rings. The number of hydrogen-bond acceptors (Lipinski definition) is 3. The first-order valence-electron chi connectivity index (χ1n) is 9.85. The first-order chi connectivity index (χ1) is 12.5. The molecule has 1 aromatic rings. The summed E-state index contributed by atoms with van der Waals surface area (Å²) in [5, 5.41) is 3.21. The van der Waals surface area contributed by atoms with E-state index >= 15 is 0 Å². The monoisotopic (exact) mass is 354 g/mol. The van der Waals surface area contributed by atoms with Gasteiger partial charge in [-0.3, -0.25) is 4.79 Å². The van der Waals surface area contributed by atoms with Gasteiger partial charge in [-0.2, -0.15) is 0 Å². The van der Waals surface area contributed by atoms with Crippen LogP contribution in [0.3, 0.4) is 0 Å². The van der Waals surface area contributed by atoms with E-state index in [2.05, 4.69) is 29.6 Å². The molecule has 1 heterocycles. The molecule has 5 heteroatoms. The summed E-state index contributed by atoms with van der Waals surface area (Å²) < 4.78 is 5.11. The van der Waals surface area contributed by atoms with Gasteiger partial charge < -0.3 is 15.0 Å². The molecule has 1 aliphatic heterocycles. The molecule has 1 aromatic carbocycles. The van der Waals surface area contributed by atoms with Gasteiger partial charge >= 0.3 is 6.09 Å². The van der Waals surface area contributed by atoms with Crippen molar-refractivity contribution in [2.75, 3.05) is 13.7 Å². The number of amides is 2. The molecule has 1 saturated heterocycles. The van der Waals surface area contributed by atoms with Gasteiger partial charge in [-0.05, 0) is 61.5 Å². The average Bonchev–Trinajstić information content (AvgIpc) is 3.37. The Balaban J connectivity index is 1.09. The number of carbonyl (C=O) groups is 2. The van der Waals surface area contributed by atoms with E-state index in [1.54, 1.807) is 11.9 Å². The summed E-state index contributed by atoms with van der Waals surface area (Å²) >= 11 is 0. The summed E-state index contributed by atoms with van der Waals surface area (Å²) in [6, 6.07) is 9.42. The number of likely N-dealkylation sites (N-methyl/N-ethyl adjacent to an activating group) is 1. The van der Waals surface area contributed by atoms with E-state index in [-0.39, 0.29) is 23.5 Å². The minimum atomic E-state index is -0.265. The van der Waals surface area contributed by atoms with Gasteiger partial charge in [-0.25, -0.2) is 4.79 Å². The number of nitrogens with one attached hydrogen (secondary N) is 1. The Labute approximate surface area is 154 Å². The van der Waals surface area contributed by atoms with Crippen LogP contribution in [0.2, 0.25) is 0 Å². The van der Waals surface area contributed by atoms with E-state index in [0.29, 0.717) is 18.6 Å². The molecule has 0 bridgehead atoms. The zero-order valence-corrected chi connectivity index (χ0v) is 15.2. The highest BCUT2D eigenvalue weighted by Crippen LogP contribution is 2.46. The van der Waals surface area contributed by atoms with E-state index in [1.807, 2.05) is 0 Å². The fourth-order valence-corrected chi connectivity index (χ4v) is 4.80. The highest BCUT2D eigenvalue weighted by Gasteiger charge is 2.56. The predicted molar refractivity (Wildman–Crippen MR) is 96.9 cm³/mol. The average molecular weight is 354 g/mol. The maximum atomic E-state index is 12.5. The molecule has 26 heavy (non-hydrogen) atoms. The van der Waals surface area contributed by atoms with Crippen LogP contribution in [-0.2, 0) is 9.53 Å². The van der Waals surface area contributed by atoms with E-state index in [1.165, 1.54) is 24.0 Å². The minimum Gasteiger partial charge on any atom is -0.447 e. The lowest BCUT2D eigenvalue weighted by atomic mass is 9.67. The Bertz CT molecular complexity index is 728. The third-order valence-corrected chi connectivity index (χ3v) is 7.01. The van der Waals surface area contributed by atoms with Crippen LogP contribution in [0.15, 0.2) is 24.3 Å². The molecule has 0 aromatic heterocycles. The molecule has 0 unspecified atom stereocenters. The Morgan fingerprint density at radius 2 is 1.73 bits per heavy atom. The second-order valence-electron chi connectivity index (χ2n) is 8.76. The highest BCUT2D eigenvalue weighted by atomic mass is 16.6. The Kier molecular flexibility index (Phi) is 3.56. The van der Waals surface area contributed by atoms with Crippen LogP contribution in [0, 0.1) is 5.92 Å². The summed E-state index contributed by atoms with van der Waals surface area (Å²) in [6.07, 6.45) is 5.94. The zero-order valence-electron chi connectivity index (χ0n) is 15.2. The Morgan fingerprint density at radius 1 is 1.12 bits per heavy atom. The molecule has 5 rings (SSSR count). The number of benzene rings is 1. The molecule has 0 atom stereocenters. The second-order valence-corrected chi connectivity index (χ2v) is 8.76. The van der Waals surface area contributed by atoms with Crippen LogP contribution in [0.25, 0.3) is 0 Å². The van der Waals surface area contributed by atoms with Gasteiger partial charge in [-0.15, -0.1) is 0 Å². The third-order valence-electron chi connectivity index (χ3n) is 7.01. The van der Waals surface area contributed by atoms with E-state index in [4.69, 9.17) is 4.74 Å². The fraction of sp³-hybridized carbons (Fsp3) is 0.619. The lowest BCUT2D eigenvalue weighted by Crippen LogP contribution is -2.59. The molecule has 1 spiro atoms. The standard InChI is InChI=1S/C21H26N2O3/c1-23-20(25)26-12-21(23)10-17(11-21)19(24)22-18-8-16(9-18)15-6-4-14(5-7-15)13-2-3-13/h4-7,13,16-18H,2-3,8-12H2,1H3,(H,22,24). The van der Waals surface area contributed by atoms with E-state index in [9.17, 15) is 9.59 Å². The first-order valence-corrected chi connectivity index (χ1v) is 9.85. The van der Waals surface area contributed by atoms with Crippen molar-refractivity contribution in [3.8, 4) is 0 Å². The van der Waals surface area contributed by atoms with Gasteiger partial charge in [-0.1, -0.05) is 24.3 Å². The number of rotatable bonds is 4. The van der Waals surface area contributed by atoms with Crippen molar-refractivity contribution >= 4 is 12.0 Å². The van der Waals surface area contributed by atoms with Crippen LogP contribution < -0.4 is 5.32 Å². The van der Waals surface area contributed by atoms with Crippen molar-refractivity contribution in [2.24, 2.45) is 5.92 Å². The van der Waals surface area contributed by atoms with Crippen molar-refractivity contribution in [3.63, 3.8) is 0 Å². The van der Waals surface area contributed by atoms with Gasteiger partial charge in [0, 0.05) is 19.0 Å². The summed E-state index contributed by atoms with van der Waals surface area (Å²) in [6.45, 7) is 0.425. The molecular weight excluding hydrogens is 328 g/mol. The fourth-order valence-electron chi connectivity index (χ4n) is 4.80. The quantitative estimate of drug-likeness (QED) is 0.904. The molecule has 2 amide bonds. The SMILES string of the molecule is CN1C(=O)OCC12CC(C(=O)NC1CC(c3ccc(C4CC4)cc3)C1)C2. The van der Waals surface area contributed by atoms with Crippen LogP contribution in [0.4, 0.5) is 4.79 Å². The molecule has 4 aliphatic rings. The van der Waals surface area contributed by atoms with Gasteiger partial charge in [0.05, 0.1) is 5.54 Å². The zero-order chi connectivity index (χ0) is 17.9. The Morgan fingerprint density at radius 3 is 2.27 bits per heavy atom. The maximum absolute atomic E-state index is 12.5. The third kappa shape index (κ3) is 2.60. The van der Waals surface area contributed by atoms with Crippen LogP contribution in [-0.4, -0.2) is 42.1 Å². The number of cyclic esters (lactones) is 1. The maximum Gasteiger partial charge on any atom is 0.410 e. The smallest absolute Gasteiger partial charge is 0.410 e. The number of nitrogens with zero attached hydrogens (tertiary/aromatic N) is 1. The summed E-state index contributed by atoms with van der Waals surface area (Å²) in [7, 11) is 1.77. The van der Waals surface area contributed by atoms with Crippen LogP contribution >= 0.6 is 0 Å². The summed E-state index contributed by atoms with van der Waals surface area (Å²) in [5.74, 6) is 1.55. The molecule has 5 nitrogen and oxygen atoms in total. The lowest BCUT2D eigenvalue weighted by Gasteiger charge is -2.47. The van der Waals surface area contributed by atoms with Gasteiger partial charge in [0.2, 0.25) is 5.91 Å². The second kappa shape index (κ2) is 5.73. The van der Waals surface area contributed by atoms with Gasteiger partial charge in [0.15, 0.2) is 0 Å². The van der Waals surface area contributed by atoms with E-state index < -0.39 is 0 Å². The number of hydrogen-bond donors (Lipinski definition) is 1. The van der Waals surface area contributed by atoms with Crippen LogP contribution in [0.1, 0.15) is 61.5 Å². The van der Waals surface area contributed by atoms with Crippen molar-refractivity contribution in [1.29, 1.82) is 0 Å². The molecular formula is C21H26N2O3. The van der Waals surface area contributed by atoms with Crippen molar-refractivity contribution in [3.05, 3.63) is 35.4 Å². The normalized spacial score (nSPS) is 35.7. The highest BCUT2D eigenvalue weighted by molar-refractivity contribution is 5.81. The molecule has 3 aliphatic carbocycles. The minimum absolute atomic E-state index is 0.0174. The van der Waals surface area contributed by atoms with Crippen molar-refractivity contribution < 1.29 is 14.3 Å². The topological polar surface area (TPSA) is 58.6 Å². The summed E-state index contributed by atoms with van der Waals surface area (Å²) in [4.78, 5) is 25.7. The van der Waals surface area contributed by atoms with Crippen molar-refractivity contribution in [1.82, 2.24) is 10.2 Å². The van der Waals surface area contributed by atoms with Gasteiger partial charge in [0.25, 0.3) is 0 Å². The van der Waals surface area contributed by atoms with Crippen LogP contribution in [0.5, 0.6) is 0 Å². The largest absolute Gasteiger partial charge is 0.447 e. The molecule has 3 saturated carbocycles. The molecule has 1 N–H and O–H groups in total. The summed E-state index contributed by atoms with van der Waals surface area (Å²) in [5.41, 5.74) is 2.66. The number of carbonyl (C=O) groups excluding carboxylic acids is 2.